The van der Waals surface area contributed by atoms with Crippen molar-refractivity contribution >= 4 is 11.7 Å². The predicted octanol–water partition coefficient (Wildman–Crippen LogP) is 5.25. The Morgan fingerprint density at radius 2 is 1.94 bits per heavy atom. The molecule has 1 aliphatic carbocycles. The summed E-state index contributed by atoms with van der Waals surface area (Å²) in [6, 6.07) is 4.62. The third-order valence-corrected chi connectivity index (χ3v) is 10.6. The second kappa shape index (κ2) is 14.7. The Kier molecular flexibility index (Phi) is 10.1. The average molecular weight is 695 g/mol. The molecule has 3 aromatic rings. The van der Waals surface area contributed by atoms with E-state index >= 15 is 0 Å². The van der Waals surface area contributed by atoms with Crippen LogP contribution in [0.5, 0.6) is 17.4 Å². The number of carbonyl (C=O) groups excluding carboxylic acids is 1. The summed E-state index contributed by atoms with van der Waals surface area (Å²) in [7, 11) is 0. The molecule has 7 rings (SSSR count). The van der Waals surface area contributed by atoms with Crippen molar-refractivity contribution in [3.8, 4) is 17.4 Å². The van der Waals surface area contributed by atoms with Crippen LogP contribution in [0.15, 0.2) is 36.8 Å². The quantitative estimate of drug-likeness (QED) is 0.286. The van der Waals surface area contributed by atoms with Gasteiger partial charge in [-0.25, -0.2) is 18.2 Å². The first-order chi connectivity index (χ1) is 24.2. The third-order valence-electron chi connectivity index (χ3n) is 10.6. The van der Waals surface area contributed by atoms with Crippen molar-refractivity contribution in [1.29, 1.82) is 0 Å². The van der Waals surface area contributed by atoms with Gasteiger partial charge in [-0.15, -0.1) is 10.2 Å². The summed E-state index contributed by atoms with van der Waals surface area (Å²) in [5.41, 5.74) is 2.24. The van der Waals surface area contributed by atoms with E-state index in [1.54, 1.807) is 6.92 Å². The zero-order chi connectivity index (χ0) is 34.8. The number of ether oxygens (including phenoxy) is 2. The van der Waals surface area contributed by atoms with Crippen molar-refractivity contribution in [2.24, 2.45) is 5.92 Å². The summed E-state index contributed by atoms with van der Waals surface area (Å²) >= 11 is 0. The lowest BCUT2D eigenvalue weighted by Gasteiger charge is -2.45. The van der Waals surface area contributed by atoms with E-state index in [2.05, 4.69) is 30.4 Å². The Hall–Kier alpha value is -4.04. The fourth-order valence-electron chi connectivity index (χ4n) is 7.63. The highest BCUT2D eigenvalue weighted by Gasteiger charge is 2.50. The Morgan fingerprint density at radius 1 is 1.12 bits per heavy atom. The topological polar surface area (TPSA) is 109 Å². The lowest BCUT2D eigenvalue weighted by atomic mass is 9.85. The van der Waals surface area contributed by atoms with E-state index in [1.807, 2.05) is 24.1 Å². The van der Waals surface area contributed by atoms with Gasteiger partial charge in [-0.1, -0.05) is 6.92 Å². The van der Waals surface area contributed by atoms with Gasteiger partial charge in [0.25, 0.3) is 17.7 Å². The summed E-state index contributed by atoms with van der Waals surface area (Å²) in [6.07, 6.45) is 6.48. The molecule has 1 aromatic carbocycles. The second-order valence-corrected chi connectivity index (χ2v) is 14.1. The van der Waals surface area contributed by atoms with E-state index in [1.165, 1.54) is 35.3 Å². The molecule has 0 radical (unpaired) electrons. The molecule has 3 fully saturated rings. The molecule has 5 heterocycles. The molecule has 1 N–H and O–H groups in total. The van der Waals surface area contributed by atoms with Crippen molar-refractivity contribution in [2.75, 3.05) is 44.2 Å². The molecule has 3 aliphatic heterocycles. The number of hydrogen-bond acceptors (Lipinski definition) is 10. The zero-order valence-electron chi connectivity index (χ0n) is 28.7. The van der Waals surface area contributed by atoms with E-state index in [0.29, 0.717) is 31.2 Å². The normalized spacial score (nSPS) is 21.7. The molecule has 50 heavy (non-hydrogen) atoms. The lowest BCUT2D eigenvalue weighted by molar-refractivity contribution is -0.121. The van der Waals surface area contributed by atoms with Crippen LogP contribution in [0.2, 0.25) is 0 Å². The lowest BCUT2D eigenvalue weighted by Crippen LogP contribution is -2.55. The number of amides is 1. The molecule has 0 bridgehead atoms. The van der Waals surface area contributed by atoms with Gasteiger partial charge in [0.05, 0.1) is 5.56 Å². The van der Waals surface area contributed by atoms with Crippen LogP contribution in [-0.4, -0.2) is 99.3 Å². The predicted molar refractivity (Wildman–Crippen MR) is 180 cm³/mol. The van der Waals surface area contributed by atoms with E-state index < -0.39 is 36.5 Å². The maximum Gasteiger partial charge on any atom is 0.282 e. The molecule has 1 amide bonds. The first-order valence-corrected chi connectivity index (χ1v) is 17.8. The van der Waals surface area contributed by atoms with Crippen LogP contribution in [0.25, 0.3) is 0 Å². The molecule has 2 atom stereocenters. The number of alkyl halides is 2. The number of hydrogen-bond donors (Lipinski definition) is 1. The number of rotatable bonds is 11. The first kappa shape index (κ1) is 34.4. The van der Waals surface area contributed by atoms with Gasteiger partial charge in [-0.2, -0.15) is 0 Å². The molecule has 0 spiro atoms. The van der Waals surface area contributed by atoms with Gasteiger partial charge in [0.1, 0.15) is 29.7 Å². The fraction of sp³-hybridized carbons (Fsp3) is 0.583. The minimum atomic E-state index is -2.82. The van der Waals surface area contributed by atoms with Crippen molar-refractivity contribution in [3.63, 3.8) is 0 Å². The van der Waals surface area contributed by atoms with Gasteiger partial charge in [0, 0.05) is 94.4 Å². The molecule has 1 saturated carbocycles. The Morgan fingerprint density at radius 3 is 2.68 bits per heavy atom. The number of nitrogens with one attached hydrogen (secondary N) is 1. The van der Waals surface area contributed by atoms with Gasteiger partial charge in [0.15, 0.2) is 5.82 Å². The van der Waals surface area contributed by atoms with Crippen LogP contribution >= 0.6 is 0 Å². The molecule has 2 saturated heterocycles. The maximum absolute atomic E-state index is 14.6. The van der Waals surface area contributed by atoms with Crippen molar-refractivity contribution in [1.82, 2.24) is 35.3 Å². The first-order valence-electron chi connectivity index (χ1n) is 17.8. The van der Waals surface area contributed by atoms with Crippen LogP contribution in [0.1, 0.15) is 74.0 Å². The summed E-state index contributed by atoms with van der Waals surface area (Å²) in [5, 5.41) is 11.6. The van der Waals surface area contributed by atoms with Gasteiger partial charge < -0.3 is 24.6 Å². The van der Waals surface area contributed by atoms with Crippen molar-refractivity contribution < 1.29 is 27.4 Å². The second-order valence-electron chi connectivity index (χ2n) is 14.1. The Labute approximate surface area is 290 Å². The molecule has 4 aliphatic rings. The third kappa shape index (κ3) is 7.51. The zero-order valence-corrected chi connectivity index (χ0v) is 28.7. The molecule has 14 heteroatoms. The number of fused-ring (bicyclic) bond motifs is 1. The van der Waals surface area contributed by atoms with E-state index in [9.17, 15) is 18.0 Å². The molecule has 268 valence electrons. The number of benzene rings is 1. The summed E-state index contributed by atoms with van der Waals surface area (Å²) in [6.45, 7) is 10.0. The number of halogens is 3. The van der Waals surface area contributed by atoms with Crippen LogP contribution < -0.4 is 19.7 Å². The van der Waals surface area contributed by atoms with E-state index in [-0.39, 0.29) is 29.3 Å². The van der Waals surface area contributed by atoms with Gasteiger partial charge in [-0.3, -0.25) is 14.7 Å². The monoisotopic (exact) mass is 694 g/mol. The largest absolute Gasteiger partial charge is 0.490 e. The van der Waals surface area contributed by atoms with Gasteiger partial charge in [0.2, 0.25) is 0 Å². The van der Waals surface area contributed by atoms with E-state index in [0.717, 1.165) is 69.5 Å². The smallest absolute Gasteiger partial charge is 0.282 e. The highest BCUT2D eigenvalue weighted by Crippen LogP contribution is 2.43. The number of anilines is 1. The fourth-order valence-corrected chi connectivity index (χ4v) is 7.63. The molecule has 11 nitrogen and oxygen atoms in total. The average Bonchev–Trinajstić information content (AvgIpc) is 3.62. The molecule has 1 unspecified atom stereocenters. The Balaban J connectivity index is 1.03. The maximum atomic E-state index is 14.6. The minimum Gasteiger partial charge on any atom is -0.490 e. The van der Waals surface area contributed by atoms with Gasteiger partial charge >= 0.3 is 0 Å². The number of pyridine rings is 1. The number of carbonyl (C=O) groups is 1. The van der Waals surface area contributed by atoms with Crippen LogP contribution in [0, 0.1) is 11.7 Å². The minimum absolute atomic E-state index is 0.00179. The van der Waals surface area contributed by atoms with Crippen LogP contribution in [0.3, 0.4) is 0 Å². The number of nitrogens with zero attached hydrogens (tertiary/aromatic N) is 7. The standard InChI is InChI=1S/C36H45F3N8O3/c1-3-23(2)47(26-17-36(38,39)18-26)35(48)28-16-25(37)4-5-31(28)50-34-33(42-22-43-44-34)46-14-8-27(9-15-46)49-32-7-12-41-30-10-13-45(21-29(30)32)20-24-6-11-40-19-24/h4-5,7,12,16,22-24,26-27,40H,3,6,8-11,13-15,17-21H2,1-2H3/t23?,24-/m1/s1. The highest BCUT2D eigenvalue weighted by atomic mass is 19.3. The number of aromatic nitrogens is 4. The summed E-state index contributed by atoms with van der Waals surface area (Å²) < 4.78 is 55.0. The van der Waals surface area contributed by atoms with Crippen LogP contribution in [-0.2, 0) is 13.0 Å². The van der Waals surface area contributed by atoms with Crippen molar-refractivity contribution in [3.05, 3.63) is 59.4 Å². The summed E-state index contributed by atoms with van der Waals surface area (Å²) in [4.78, 5) is 29.0. The summed E-state index contributed by atoms with van der Waals surface area (Å²) in [5.74, 6) is -1.87. The molecular weight excluding hydrogens is 649 g/mol. The molecule has 2 aromatic heterocycles. The SMILES string of the molecule is CCC(C)N(C(=O)c1cc(F)ccc1Oc1nncnc1N1CCC(Oc2ccnc3c2CN(C[C@@H]2CCNC2)CC3)CC1)C1CC(F)(F)C1. The van der Waals surface area contributed by atoms with Crippen molar-refractivity contribution in [2.45, 2.75) is 89.4 Å². The van der Waals surface area contributed by atoms with Gasteiger partial charge in [-0.05, 0) is 63.0 Å². The van der Waals surface area contributed by atoms with Crippen LogP contribution in [0.4, 0.5) is 19.0 Å². The Bertz CT molecular complexity index is 1660. The van der Waals surface area contributed by atoms with E-state index in [4.69, 9.17) is 9.47 Å². The number of piperidine rings is 1. The molecular formula is C36H45F3N8O3. The highest BCUT2D eigenvalue weighted by molar-refractivity contribution is 5.97.